The van der Waals surface area contributed by atoms with E-state index in [1.165, 1.54) is 24.3 Å². The average molecular weight is 423 g/mol. The topological polar surface area (TPSA) is 81.7 Å². The average Bonchev–Trinajstić information content (AvgIpc) is 2.70. The van der Waals surface area contributed by atoms with Crippen molar-refractivity contribution in [2.75, 3.05) is 0 Å². The van der Waals surface area contributed by atoms with Crippen LogP contribution in [0.15, 0.2) is 35.2 Å². The fraction of sp³-hybridized carbons (Fsp3) is 0.500. The van der Waals surface area contributed by atoms with E-state index in [0.29, 0.717) is 0 Å². The monoisotopic (exact) mass is 421 g/mol. The molecule has 1 unspecified atom stereocenters. The molecule has 1 aromatic rings. The predicted octanol–water partition coefficient (Wildman–Crippen LogP) is 3.68. The summed E-state index contributed by atoms with van der Waals surface area (Å²) in [6.45, 7) is 3.26. The number of hydrogen-bond donors (Lipinski definition) is 1. The number of hydrogen-bond acceptors (Lipinski definition) is 5. The van der Waals surface area contributed by atoms with Crippen molar-refractivity contribution in [1.29, 1.82) is 0 Å². The maximum atomic E-state index is 12.9. The Morgan fingerprint density at radius 1 is 1.13 bits per heavy atom. The molecule has 1 aliphatic heterocycles. The minimum absolute atomic E-state index is 0.0638. The molecule has 0 amide bonds. The summed E-state index contributed by atoms with van der Waals surface area (Å²) in [5.74, 6) is -1.68. The van der Waals surface area contributed by atoms with Gasteiger partial charge < -0.3 is 9.05 Å². The molecule has 2 rings (SSSR count). The number of nitrogens with one attached hydrogen (secondary N) is 1. The summed E-state index contributed by atoms with van der Waals surface area (Å²) in [7, 11) is -8.11. The van der Waals surface area contributed by atoms with Crippen LogP contribution in [-0.2, 0) is 23.6 Å². The van der Waals surface area contributed by atoms with E-state index in [0.717, 1.165) is 0 Å². The van der Waals surface area contributed by atoms with Crippen LogP contribution in [0.2, 0.25) is 0 Å². The summed E-state index contributed by atoms with van der Waals surface area (Å²) in [5, 5.41) is 0. The standard InChI is InChI=1S/C12H15Cl3NO5PS/c1-8-9(2)21-22(17,20-8)11(12(13,14)15)16-23(18,19)10-6-4-3-5-7-10/h3-9,11,16H,1-2H3/t8-,9+,11-,22?/m1/s1. The Morgan fingerprint density at radius 2 is 1.61 bits per heavy atom. The van der Waals surface area contributed by atoms with E-state index in [1.807, 2.05) is 0 Å². The van der Waals surface area contributed by atoms with Gasteiger partial charge in [-0.2, -0.15) is 4.72 Å². The Morgan fingerprint density at radius 3 is 2.04 bits per heavy atom. The summed E-state index contributed by atoms with van der Waals surface area (Å²) >= 11 is 17.5. The highest BCUT2D eigenvalue weighted by Crippen LogP contribution is 2.64. The molecule has 11 heteroatoms. The summed E-state index contributed by atoms with van der Waals surface area (Å²) in [6, 6.07) is 7.44. The van der Waals surface area contributed by atoms with Crippen LogP contribution in [-0.4, -0.2) is 30.2 Å². The van der Waals surface area contributed by atoms with Gasteiger partial charge in [0.2, 0.25) is 13.8 Å². The van der Waals surface area contributed by atoms with Gasteiger partial charge in [-0.3, -0.25) is 4.57 Å². The van der Waals surface area contributed by atoms with Crippen LogP contribution in [0.1, 0.15) is 13.8 Å². The van der Waals surface area contributed by atoms with Crippen molar-refractivity contribution < 1.29 is 22.0 Å². The third kappa shape index (κ3) is 4.41. The van der Waals surface area contributed by atoms with E-state index < -0.39 is 39.4 Å². The molecule has 130 valence electrons. The lowest BCUT2D eigenvalue weighted by atomic mass is 10.3. The molecule has 0 aromatic heterocycles. The third-order valence-corrected chi connectivity index (χ3v) is 8.36. The van der Waals surface area contributed by atoms with Gasteiger partial charge in [0.15, 0.2) is 5.78 Å². The van der Waals surface area contributed by atoms with Crippen LogP contribution in [0.4, 0.5) is 0 Å². The fourth-order valence-electron chi connectivity index (χ4n) is 1.91. The van der Waals surface area contributed by atoms with E-state index in [-0.39, 0.29) is 4.90 Å². The second-order valence-corrected chi connectivity index (χ2v) is 11.1. The molecule has 0 aliphatic carbocycles. The van der Waals surface area contributed by atoms with Crippen molar-refractivity contribution in [3.05, 3.63) is 30.3 Å². The lowest BCUT2D eigenvalue weighted by Gasteiger charge is -2.28. The molecule has 0 spiro atoms. The van der Waals surface area contributed by atoms with Crippen LogP contribution in [0.5, 0.6) is 0 Å². The Hall–Kier alpha value is 0.150. The lowest BCUT2D eigenvalue weighted by molar-refractivity contribution is 0.187. The summed E-state index contributed by atoms with van der Waals surface area (Å²) in [4.78, 5) is -0.0638. The molecule has 23 heavy (non-hydrogen) atoms. The Labute approximate surface area is 150 Å². The molecule has 1 heterocycles. The fourth-order valence-corrected chi connectivity index (χ4v) is 7.32. The SMILES string of the molecule is C[C@@H]1OP(=O)([C@@H](NS(=O)(=O)c2ccccc2)C(Cl)(Cl)Cl)O[C@@H]1C. The van der Waals surface area contributed by atoms with Crippen molar-refractivity contribution >= 4 is 52.4 Å². The van der Waals surface area contributed by atoms with Crippen molar-refractivity contribution in [3.63, 3.8) is 0 Å². The van der Waals surface area contributed by atoms with Gasteiger partial charge in [0.05, 0.1) is 17.1 Å². The van der Waals surface area contributed by atoms with Crippen LogP contribution in [0, 0.1) is 0 Å². The minimum atomic E-state index is -4.09. The molecule has 0 bridgehead atoms. The van der Waals surface area contributed by atoms with Crippen molar-refractivity contribution in [3.8, 4) is 0 Å². The van der Waals surface area contributed by atoms with Crippen molar-refractivity contribution in [1.82, 2.24) is 4.72 Å². The molecule has 1 aromatic carbocycles. The van der Waals surface area contributed by atoms with E-state index >= 15 is 0 Å². The first kappa shape index (κ1) is 19.5. The van der Waals surface area contributed by atoms with Crippen LogP contribution in [0.25, 0.3) is 0 Å². The zero-order valence-electron chi connectivity index (χ0n) is 12.1. The first-order valence-corrected chi connectivity index (χ1v) is 10.8. The highest BCUT2D eigenvalue weighted by Gasteiger charge is 2.55. The number of alkyl halides is 3. The van der Waals surface area contributed by atoms with Crippen molar-refractivity contribution in [2.24, 2.45) is 0 Å². The molecule has 6 nitrogen and oxygen atoms in total. The quantitative estimate of drug-likeness (QED) is 0.591. The van der Waals surface area contributed by atoms with Gasteiger partial charge in [0.1, 0.15) is 0 Å². The molecule has 0 radical (unpaired) electrons. The molecule has 1 aliphatic rings. The number of sulfonamides is 1. The summed E-state index contributed by atoms with van der Waals surface area (Å²) in [5.41, 5.74) is 0. The van der Waals surface area contributed by atoms with Gasteiger partial charge in [0, 0.05) is 0 Å². The Bertz CT molecular complexity index is 695. The Balaban J connectivity index is 2.37. The molecule has 4 atom stereocenters. The number of benzene rings is 1. The largest absolute Gasteiger partial charge is 0.353 e. The van der Waals surface area contributed by atoms with E-state index in [9.17, 15) is 13.0 Å². The zero-order chi connectivity index (χ0) is 17.5. The maximum absolute atomic E-state index is 12.9. The van der Waals surface area contributed by atoms with Gasteiger partial charge in [-0.1, -0.05) is 53.0 Å². The highest BCUT2D eigenvalue weighted by molar-refractivity contribution is 7.89. The summed E-state index contributed by atoms with van der Waals surface area (Å²) in [6.07, 6.45) is -1.06. The van der Waals surface area contributed by atoms with Gasteiger partial charge in [-0.05, 0) is 26.0 Å². The second kappa shape index (κ2) is 6.81. The second-order valence-electron chi connectivity index (χ2n) is 5.04. The maximum Gasteiger partial charge on any atom is 0.353 e. The van der Waals surface area contributed by atoms with Crippen LogP contribution >= 0.6 is 42.4 Å². The molecular formula is C12H15Cl3NO5PS. The predicted molar refractivity (Wildman–Crippen MR) is 89.5 cm³/mol. The van der Waals surface area contributed by atoms with Crippen LogP contribution in [0.3, 0.4) is 0 Å². The molecule has 1 fully saturated rings. The molecule has 1 N–H and O–H groups in total. The van der Waals surface area contributed by atoms with Crippen LogP contribution < -0.4 is 4.72 Å². The number of halogens is 3. The van der Waals surface area contributed by atoms with E-state index in [1.54, 1.807) is 19.9 Å². The van der Waals surface area contributed by atoms with E-state index in [2.05, 4.69) is 4.72 Å². The normalized spacial score (nSPS) is 30.3. The first-order valence-electron chi connectivity index (χ1n) is 6.56. The van der Waals surface area contributed by atoms with Crippen molar-refractivity contribution in [2.45, 2.75) is 40.5 Å². The third-order valence-electron chi connectivity index (χ3n) is 3.23. The summed E-state index contributed by atoms with van der Waals surface area (Å²) < 4.78 is 48.2. The zero-order valence-corrected chi connectivity index (χ0v) is 16.1. The smallest absolute Gasteiger partial charge is 0.302 e. The van der Waals surface area contributed by atoms with Gasteiger partial charge in [0.25, 0.3) is 0 Å². The Kier molecular flexibility index (Phi) is 5.76. The minimum Gasteiger partial charge on any atom is -0.302 e. The molecule has 0 saturated carbocycles. The highest BCUT2D eigenvalue weighted by atomic mass is 35.6. The van der Waals surface area contributed by atoms with Gasteiger partial charge in [-0.15, -0.1) is 0 Å². The molecular weight excluding hydrogens is 408 g/mol. The van der Waals surface area contributed by atoms with Gasteiger partial charge in [-0.25, -0.2) is 8.42 Å². The lowest BCUT2D eigenvalue weighted by Crippen LogP contribution is -2.43. The van der Waals surface area contributed by atoms with Gasteiger partial charge >= 0.3 is 7.60 Å². The first-order chi connectivity index (χ1) is 10.5. The van der Waals surface area contributed by atoms with E-state index in [4.69, 9.17) is 43.9 Å². The molecule has 1 saturated heterocycles. The number of rotatable bonds is 4.